The van der Waals surface area contributed by atoms with E-state index >= 15 is 0 Å². The number of aromatic nitrogens is 1. The highest BCUT2D eigenvalue weighted by Gasteiger charge is 2.27. The number of fused-ring (bicyclic) bond motifs is 3. The summed E-state index contributed by atoms with van der Waals surface area (Å²) in [7, 11) is 0. The van der Waals surface area contributed by atoms with Gasteiger partial charge in [0.05, 0.1) is 11.7 Å². The Morgan fingerprint density at radius 3 is 2.90 bits per heavy atom. The standard InChI is InChI=1S/C16H19N3S/c1-11(19-8-6-17-7-9-19)16-18-15-13-5-3-2-4-12(13)10-14(15)20-16/h2-5,11,17H,6-10H2,1H3. The van der Waals surface area contributed by atoms with Crippen molar-refractivity contribution in [2.45, 2.75) is 19.4 Å². The Hall–Kier alpha value is -1.23. The summed E-state index contributed by atoms with van der Waals surface area (Å²) < 4.78 is 0. The van der Waals surface area contributed by atoms with Gasteiger partial charge < -0.3 is 5.32 Å². The highest BCUT2D eigenvalue weighted by Crippen LogP contribution is 2.41. The molecule has 3 nitrogen and oxygen atoms in total. The van der Waals surface area contributed by atoms with Crippen LogP contribution in [0.5, 0.6) is 0 Å². The van der Waals surface area contributed by atoms with Gasteiger partial charge in [0.25, 0.3) is 0 Å². The fourth-order valence-electron chi connectivity index (χ4n) is 3.18. The lowest BCUT2D eigenvalue weighted by molar-refractivity contribution is 0.185. The third-order valence-electron chi connectivity index (χ3n) is 4.39. The molecule has 1 unspecified atom stereocenters. The third kappa shape index (κ3) is 1.99. The first-order valence-corrected chi connectivity index (χ1v) is 8.17. The number of rotatable bonds is 2. The first kappa shape index (κ1) is 12.5. The van der Waals surface area contributed by atoms with E-state index in [0.717, 1.165) is 32.6 Å². The van der Waals surface area contributed by atoms with E-state index in [1.165, 1.54) is 26.7 Å². The Labute approximate surface area is 123 Å². The Morgan fingerprint density at radius 1 is 1.25 bits per heavy atom. The van der Waals surface area contributed by atoms with Crippen LogP contribution in [-0.4, -0.2) is 36.1 Å². The van der Waals surface area contributed by atoms with Crippen molar-refractivity contribution in [2.24, 2.45) is 0 Å². The molecule has 4 heteroatoms. The molecule has 0 amide bonds. The maximum Gasteiger partial charge on any atom is 0.110 e. The molecule has 1 aromatic carbocycles. The van der Waals surface area contributed by atoms with Crippen molar-refractivity contribution in [1.29, 1.82) is 0 Å². The predicted molar refractivity (Wildman–Crippen MR) is 83.2 cm³/mol. The molecule has 1 aliphatic heterocycles. The number of hydrogen-bond acceptors (Lipinski definition) is 4. The van der Waals surface area contributed by atoms with Crippen LogP contribution in [0.2, 0.25) is 0 Å². The van der Waals surface area contributed by atoms with E-state index in [2.05, 4.69) is 41.4 Å². The Bertz CT molecular complexity index is 628. The molecule has 1 saturated heterocycles. The van der Waals surface area contributed by atoms with Gasteiger partial charge in [0.2, 0.25) is 0 Å². The second-order valence-corrected chi connectivity index (χ2v) is 6.73. The molecule has 1 atom stereocenters. The summed E-state index contributed by atoms with van der Waals surface area (Å²) in [6.45, 7) is 6.74. The van der Waals surface area contributed by atoms with Gasteiger partial charge in [-0.3, -0.25) is 4.90 Å². The molecular formula is C16H19N3S. The van der Waals surface area contributed by atoms with Crippen molar-refractivity contribution in [1.82, 2.24) is 15.2 Å². The molecule has 1 aliphatic carbocycles. The third-order valence-corrected chi connectivity index (χ3v) is 5.62. The molecule has 0 spiro atoms. The van der Waals surface area contributed by atoms with E-state index in [1.54, 1.807) is 0 Å². The smallest absolute Gasteiger partial charge is 0.110 e. The first-order chi connectivity index (χ1) is 9.83. The molecule has 104 valence electrons. The molecule has 1 aromatic heterocycles. The minimum absolute atomic E-state index is 0.444. The van der Waals surface area contributed by atoms with Crippen molar-refractivity contribution >= 4 is 11.3 Å². The zero-order valence-corrected chi connectivity index (χ0v) is 12.5. The van der Waals surface area contributed by atoms with Crippen LogP contribution < -0.4 is 5.32 Å². The summed E-state index contributed by atoms with van der Waals surface area (Å²) >= 11 is 1.91. The number of hydrogen-bond donors (Lipinski definition) is 1. The number of nitrogens with zero attached hydrogens (tertiary/aromatic N) is 2. The van der Waals surface area contributed by atoms with Crippen LogP contribution in [0.1, 0.15) is 28.4 Å². The second-order valence-electron chi connectivity index (χ2n) is 5.62. The summed E-state index contributed by atoms with van der Waals surface area (Å²) in [6, 6.07) is 9.12. The van der Waals surface area contributed by atoms with E-state index in [-0.39, 0.29) is 0 Å². The fraction of sp³-hybridized carbons (Fsp3) is 0.438. The highest BCUT2D eigenvalue weighted by molar-refractivity contribution is 7.12. The quantitative estimate of drug-likeness (QED) is 0.784. The number of thiazole rings is 1. The molecular weight excluding hydrogens is 266 g/mol. The summed E-state index contributed by atoms with van der Waals surface area (Å²) in [4.78, 5) is 8.95. The van der Waals surface area contributed by atoms with E-state index in [4.69, 9.17) is 4.98 Å². The molecule has 1 N–H and O–H groups in total. The van der Waals surface area contributed by atoms with E-state index in [0.29, 0.717) is 6.04 Å². The maximum atomic E-state index is 4.96. The lowest BCUT2D eigenvalue weighted by atomic mass is 10.1. The molecule has 0 saturated carbocycles. The largest absolute Gasteiger partial charge is 0.314 e. The van der Waals surface area contributed by atoms with Gasteiger partial charge >= 0.3 is 0 Å². The SMILES string of the molecule is CC(c1nc2c(s1)Cc1ccccc1-2)N1CCNCC1. The zero-order chi connectivity index (χ0) is 13.5. The van der Waals surface area contributed by atoms with Crippen molar-refractivity contribution < 1.29 is 0 Å². The van der Waals surface area contributed by atoms with Gasteiger partial charge in [-0.15, -0.1) is 11.3 Å². The van der Waals surface area contributed by atoms with Crippen LogP contribution in [-0.2, 0) is 6.42 Å². The topological polar surface area (TPSA) is 28.2 Å². The monoisotopic (exact) mass is 285 g/mol. The van der Waals surface area contributed by atoms with Gasteiger partial charge in [-0.05, 0) is 12.5 Å². The summed E-state index contributed by atoms with van der Waals surface area (Å²) in [6.07, 6.45) is 1.07. The van der Waals surface area contributed by atoms with Gasteiger partial charge in [0.15, 0.2) is 0 Å². The van der Waals surface area contributed by atoms with Crippen LogP contribution in [0.3, 0.4) is 0 Å². The zero-order valence-electron chi connectivity index (χ0n) is 11.7. The van der Waals surface area contributed by atoms with Crippen molar-refractivity contribution in [3.05, 3.63) is 39.7 Å². The van der Waals surface area contributed by atoms with Gasteiger partial charge in [0.1, 0.15) is 5.01 Å². The van der Waals surface area contributed by atoms with Crippen molar-refractivity contribution in [3.63, 3.8) is 0 Å². The average Bonchev–Trinajstić information content (AvgIpc) is 3.05. The normalized spacial score (nSPS) is 19.6. The number of nitrogens with one attached hydrogen (secondary N) is 1. The lowest BCUT2D eigenvalue weighted by Crippen LogP contribution is -2.44. The maximum absolute atomic E-state index is 4.96. The molecule has 1 fully saturated rings. The van der Waals surface area contributed by atoms with Gasteiger partial charge in [-0.25, -0.2) is 4.98 Å². The number of benzene rings is 1. The molecule has 0 radical (unpaired) electrons. The Morgan fingerprint density at radius 2 is 2.05 bits per heavy atom. The van der Waals surface area contributed by atoms with Gasteiger partial charge in [-0.2, -0.15) is 0 Å². The van der Waals surface area contributed by atoms with Crippen LogP contribution in [0.25, 0.3) is 11.3 Å². The van der Waals surface area contributed by atoms with Crippen molar-refractivity contribution in [3.8, 4) is 11.3 Å². The van der Waals surface area contributed by atoms with Crippen LogP contribution in [0.15, 0.2) is 24.3 Å². The predicted octanol–water partition coefficient (Wildman–Crippen LogP) is 2.68. The Kier molecular flexibility index (Phi) is 3.10. The van der Waals surface area contributed by atoms with Crippen LogP contribution in [0, 0.1) is 0 Å². The van der Waals surface area contributed by atoms with Crippen molar-refractivity contribution in [2.75, 3.05) is 26.2 Å². The second kappa shape index (κ2) is 4.95. The summed E-state index contributed by atoms with van der Waals surface area (Å²) in [5.74, 6) is 0. The molecule has 2 heterocycles. The van der Waals surface area contributed by atoms with E-state index in [1.807, 2.05) is 11.3 Å². The highest BCUT2D eigenvalue weighted by atomic mass is 32.1. The Balaban J connectivity index is 1.63. The number of piperazine rings is 1. The summed E-state index contributed by atoms with van der Waals surface area (Å²) in [5, 5.41) is 4.70. The molecule has 0 bridgehead atoms. The van der Waals surface area contributed by atoms with Crippen LogP contribution >= 0.6 is 11.3 Å². The summed E-state index contributed by atoms with van der Waals surface area (Å²) in [5.41, 5.74) is 4.02. The molecule has 4 rings (SSSR count). The van der Waals surface area contributed by atoms with E-state index in [9.17, 15) is 0 Å². The lowest BCUT2D eigenvalue weighted by Gasteiger charge is -2.31. The van der Waals surface area contributed by atoms with E-state index < -0.39 is 0 Å². The first-order valence-electron chi connectivity index (χ1n) is 7.35. The van der Waals surface area contributed by atoms with Crippen LogP contribution in [0.4, 0.5) is 0 Å². The average molecular weight is 285 g/mol. The van der Waals surface area contributed by atoms with Gasteiger partial charge in [-0.1, -0.05) is 24.3 Å². The molecule has 2 aromatic rings. The minimum atomic E-state index is 0.444. The minimum Gasteiger partial charge on any atom is -0.314 e. The molecule has 20 heavy (non-hydrogen) atoms. The fourth-order valence-corrected chi connectivity index (χ4v) is 4.37. The molecule has 2 aliphatic rings. The van der Waals surface area contributed by atoms with Gasteiger partial charge in [0, 0.05) is 43.0 Å².